The summed E-state index contributed by atoms with van der Waals surface area (Å²) in [6.07, 6.45) is 7.05. The molecule has 2 aliphatic rings. The second-order valence-electron chi connectivity index (χ2n) is 10.2. The average Bonchev–Trinajstić information content (AvgIpc) is 3.33. The van der Waals surface area contributed by atoms with E-state index in [2.05, 4.69) is 15.3 Å². The largest absolute Gasteiger partial charge is 0.337 e. The fourth-order valence-corrected chi connectivity index (χ4v) is 5.57. The summed E-state index contributed by atoms with van der Waals surface area (Å²) in [5, 5.41) is 3.45. The Morgan fingerprint density at radius 3 is 2.85 bits per heavy atom. The zero-order valence-electron chi connectivity index (χ0n) is 21.7. The van der Waals surface area contributed by atoms with Crippen LogP contribution in [0.25, 0.3) is 11.0 Å². The first-order valence-electron chi connectivity index (χ1n) is 13.2. The van der Waals surface area contributed by atoms with E-state index in [0.717, 1.165) is 25.0 Å². The number of nitrogens with one attached hydrogen (secondary N) is 1. The van der Waals surface area contributed by atoms with Gasteiger partial charge in [0.2, 0.25) is 11.9 Å². The second kappa shape index (κ2) is 11.4. The number of aromatic nitrogens is 3. The molecule has 1 N–H and O–H groups in total. The van der Waals surface area contributed by atoms with Crippen molar-refractivity contribution in [1.82, 2.24) is 24.3 Å². The van der Waals surface area contributed by atoms with Crippen molar-refractivity contribution in [3.8, 4) is 0 Å². The van der Waals surface area contributed by atoms with E-state index >= 15 is 0 Å². The van der Waals surface area contributed by atoms with Crippen LogP contribution in [0.2, 0.25) is 5.02 Å². The molecular formula is C28H31ClF2N6O2. The van der Waals surface area contributed by atoms with Crippen LogP contribution in [0.5, 0.6) is 0 Å². The number of hydrogen-bond acceptors (Lipinski definition) is 5. The summed E-state index contributed by atoms with van der Waals surface area (Å²) in [5.41, 5.74) is 2.53. The number of rotatable bonds is 6. The molecule has 0 bridgehead atoms. The van der Waals surface area contributed by atoms with E-state index in [0.29, 0.717) is 53.7 Å². The highest BCUT2D eigenvalue weighted by atomic mass is 35.5. The van der Waals surface area contributed by atoms with Gasteiger partial charge >= 0.3 is 0 Å². The fraction of sp³-hybridized carbons (Fsp3) is 0.429. The normalized spacial score (nSPS) is 20.0. The molecule has 0 saturated carbocycles. The number of halogens is 3. The molecule has 206 valence electrons. The summed E-state index contributed by atoms with van der Waals surface area (Å²) in [5.74, 6) is -2.78. The molecule has 8 nitrogen and oxygen atoms in total. The van der Waals surface area contributed by atoms with Gasteiger partial charge in [-0.3, -0.25) is 24.8 Å². The number of fused-ring (bicyclic) bond motifs is 1. The highest BCUT2D eigenvalue weighted by molar-refractivity contribution is 6.35. The van der Waals surface area contributed by atoms with Gasteiger partial charge in [-0.05, 0) is 50.5 Å². The number of alkyl halides is 2. The number of pyridine rings is 1. The first kappa shape index (κ1) is 27.2. The molecule has 5 rings (SSSR count). The molecule has 3 aromatic rings. The first-order chi connectivity index (χ1) is 18.7. The molecule has 2 amide bonds. The van der Waals surface area contributed by atoms with Gasteiger partial charge in [-0.2, -0.15) is 0 Å². The van der Waals surface area contributed by atoms with Gasteiger partial charge in [-0.25, -0.2) is 13.8 Å². The summed E-state index contributed by atoms with van der Waals surface area (Å²) in [7, 11) is 0. The molecule has 0 spiro atoms. The molecular weight excluding hydrogens is 526 g/mol. The molecule has 2 fully saturated rings. The predicted octanol–water partition coefficient (Wildman–Crippen LogP) is 5.10. The number of aryl methyl sites for hydroxylation is 1. The van der Waals surface area contributed by atoms with Gasteiger partial charge in [0.1, 0.15) is 0 Å². The Morgan fingerprint density at radius 1 is 1.23 bits per heavy atom. The molecule has 1 aromatic carbocycles. The van der Waals surface area contributed by atoms with E-state index in [1.165, 1.54) is 6.08 Å². The lowest BCUT2D eigenvalue weighted by molar-refractivity contribution is -0.126. The number of amides is 2. The maximum atomic E-state index is 13.5. The van der Waals surface area contributed by atoms with Crippen LogP contribution in [0, 0.1) is 6.92 Å². The molecule has 4 heterocycles. The monoisotopic (exact) mass is 556 g/mol. The van der Waals surface area contributed by atoms with Gasteiger partial charge in [0.25, 0.3) is 11.8 Å². The van der Waals surface area contributed by atoms with Crippen molar-refractivity contribution in [3.05, 3.63) is 65.0 Å². The van der Waals surface area contributed by atoms with Crippen LogP contribution in [0.4, 0.5) is 14.7 Å². The predicted molar refractivity (Wildman–Crippen MR) is 146 cm³/mol. The molecule has 11 heteroatoms. The third-order valence-electron chi connectivity index (χ3n) is 7.24. The maximum Gasteiger partial charge on any atom is 0.261 e. The Kier molecular flexibility index (Phi) is 7.95. The molecule has 2 aromatic heterocycles. The molecule has 39 heavy (non-hydrogen) atoms. The summed E-state index contributed by atoms with van der Waals surface area (Å²) in [4.78, 5) is 38.5. The lowest BCUT2D eigenvalue weighted by Gasteiger charge is -2.26. The molecule has 0 unspecified atom stereocenters. The quantitative estimate of drug-likeness (QED) is 0.427. The lowest BCUT2D eigenvalue weighted by atomic mass is 10.1. The molecule has 0 radical (unpaired) electrons. The minimum absolute atomic E-state index is 0.149. The topological polar surface area (TPSA) is 83.4 Å². The van der Waals surface area contributed by atoms with Gasteiger partial charge < -0.3 is 9.47 Å². The zero-order valence-corrected chi connectivity index (χ0v) is 22.5. The standard InChI is InChI=1S/C28H31ClF2N6O2/c1-19-16-20(10-12-32-19)26(39)34-27-33-23-8-4-7-22(29)25(23)37(27)21-6-2-3-14-36(17-21)24(38)9-5-13-35-15-11-28(30,31)18-35/h4-5,7-10,12,16,21H,2-3,6,11,13-15,17-18H2,1H3,(H,33,34,39)/b9-5+/t21-/m1/s1. The van der Waals surface area contributed by atoms with Crippen molar-refractivity contribution in [3.63, 3.8) is 0 Å². The van der Waals surface area contributed by atoms with Crippen molar-refractivity contribution in [2.75, 3.05) is 38.0 Å². The summed E-state index contributed by atoms with van der Waals surface area (Å²) in [6.45, 7) is 3.15. The molecule has 0 aliphatic carbocycles. The van der Waals surface area contributed by atoms with E-state index in [1.54, 1.807) is 40.3 Å². The Hall–Kier alpha value is -3.37. The molecule has 1 atom stereocenters. The van der Waals surface area contributed by atoms with Crippen LogP contribution in [-0.4, -0.2) is 74.8 Å². The second-order valence-corrected chi connectivity index (χ2v) is 10.6. The number of hydrogen-bond donors (Lipinski definition) is 1. The smallest absolute Gasteiger partial charge is 0.261 e. The van der Waals surface area contributed by atoms with Gasteiger partial charge in [0, 0.05) is 56.1 Å². The van der Waals surface area contributed by atoms with Gasteiger partial charge in [-0.15, -0.1) is 0 Å². The maximum absolute atomic E-state index is 13.5. The van der Waals surface area contributed by atoms with Crippen LogP contribution in [0.1, 0.15) is 47.8 Å². The highest BCUT2D eigenvalue weighted by Gasteiger charge is 2.37. The van der Waals surface area contributed by atoms with E-state index in [-0.39, 0.29) is 30.8 Å². The minimum atomic E-state index is -2.66. The number of imidazole rings is 1. The number of anilines is 1. The lowest BCUT2D eigenvalue weighted by Crippen LogP contribution is -2.35. The summed E-state index contributed by atoms with van der Waals surface area (Å²) < 4.78 is 28.9. The van der Waals surface area contributed by atoms with E-state index in [4.69, 9.17) is 11.6 Å². The number of carbonyl (C=O) groups excluding carboxylic acids is 2. The zero-order chi connectivity index (χ0) is 27.6. The Bertz CT molecular complexity index is 1410. The van der Waals surface area contributed by atoms with Crippen molar-refractivity contribution >= 4 is 40.4 Å². The Morgan fingerprint density at radius 2 is 2.08 bits per heavy atom. The van der Waals surface area contributed by atoms with E-state index in [1.807, 2.05) is 23.6 Å². The van der Waals surface area contributed by atoms with Crippen LogP contribution in [0.15, 0.2) is 48.7 Å². The molecule has 2 aliphatic heterocycles. The third kappa shape index (κ3) is 6.28. The first-order valence-corrected chi connectivity index (χ1v) is 13.5. The van der Waals surface area contributed by atoms with Crippen molar-refractivity contribution in [1.29, 1.82) is 0 Å². The van der Waals surface area contributed by atoms with Crippen LogP contribution >= 0.6 is 11.6 Å². The number of carbonyl (C=O) groups is 2. The van der Waals surface area contributed by atoms with E-state index in [9.17, 15) is 18.4 Å². The fourth-order valence-electron chi connectivity index (χ4n) is 5.31. The van der Waals surface area contributed by atoms with Crippen molar-refractivity contribution in [2.45, 2.75) is 44.6 Å². The van der Waals surface area contributed by atoms with E-state index < -0.39 is 5.92 Å². The van der Waals surface area contributed by atoms with Crippen molar-refractivity contribution < 1.29 is 18.4 Å². The van der Waals surface area contributed by atoms with Crippen LogP contribution in [-0.2, 0) is 4.79 Å². The number of para-hydroxylation sites is 1. The van der Waals surface area contributed by atoms with Gasteiger partial charge in [0.05, 0.1) is 28.6 Å². The van der Waals surface area contributed by atoms with Crippen LogP contribution in [0.3, 0.4) is 0 Å². The highest BCUT2D eigenvalue weighted by Crippen LogP contribution is 2.34. The number of benzene rings is 1. The van der Waals surface area contributed by atoms with Gasteiger partial charge in [-0.1, -0.05) is 23.7 Å². The average molecular weight is 557 g/mol. The summed E-state index contributed by atoms with van der Waals surface area (Å²) >= 11 is 6.63. The Labute approximate surface area is 230 Å². The number of likely N-dealkylation sites (tertiary alicyclic amines) is 2. The van der Waals surface area contributed by atoms with Crippen molar-refractivity contribution in [2.24, 2.45) is 0 Å². The minimum Gasteiger partial charge on any atom is -0.337 e. The SMILES string of the molecule is Cc1cc(C(=O)Nc2nc3cccc(Cl)c3n2[C@@H]2CCCCN(C(=O)/C=C/CN3CCC(F)(F)C3)C2)ccn1. The Balaban J connectivity index is 1.38. The number of nitrogens with zero attached hydrogens (tertiary/aromatic N) is 5. The molecule has 2 saturated heterocycles. The summed E-state index contributed by atoms with van der Waals surface area (Å²) in [6, 6.07) is 8.60. The van der Waals surface area contributed by atoms with Crippen LogP contribution < -0.4 is 5.32 Å². The van der Waals surface area contributed by atoms with Gasteiger partial charge in [0.15, 0.2) is 0 Å². The third-order valence-corrected chi connectivity index (χ3v) is 7.55.